The van der Waals surface area contributed by atoms with Gasteiger partial charge in [-0.25, -0.2) is 0 Å². The van der Waals surface area contributed by atoms with Gasteiger partial charge in [-0.3, -0.25) is 4.98 Å². The molecule has 0 aliphatic carbocycles. The topological polar surface area (TPSA) is 80.2 Å². The predicted octanol–water partition coefficient (Wildman–Crippen LogP) is 4.79. The molecule has 4 heteroatoms. The molecular formula is C17H27N3O. The lowest BCUT2D eigenvalue weighted by molar-refractivity contribution is 0.480. The number of hydrogen-bond acceptors (Lipinski definition) is 4. The van der Waals surface area contributed by atoms with E-state index in [-0.39, 0.29) is 11.9 Å². The summed E-state index contributed by atoms with van der Waals surface area (Å²) in [6.07, 6.45) is 8.16. The van der Waals surface area contributed by atoms with E-state index in [9.17, 15) is 5.11 Å². The molecule has 0 bridgehead atoms. The Morgan fingerprint density at radius 3 is 2.67 bits per heavy atom. The van der Waals surface area contributed by atoms with Gasteiger partial charge in [0, 0.05) is 23.8 Å². The third-order valence-corrected chi connectivity index (χ3v) is 3.56. The van der Waals surface area contributed by atoms with E-state index >= 15 is 0 Å². The molecule has 116 valence electrons. The van der Waals surface area contributed by atoms with Gasteiger partial charge in [-0.05, 0) is 37.1 Å². The van der Waals surface area contributed by atoms with Crippen LogP contribution < -0.4 is 11.5 Å². The molecule has 0 saturated heterocycles. The average molecular weight is 289 g/mol. The van der Waals surface area contributed by atoms with Gasteiger partial charge in [0.1, 0.15) is 11.3 Å². The van der Waals surface area contributed by atoms with Crippen LogP contribution in [0.15, 0.2) is 24.4 Å². The van der Waals surface area contributed by atoms with Crippen LogP contribution in [-0.2, 0) is 0 Å². The van der Waals surface area contributed by atoms with Crippen molar-refractivity contribution < 1.29 is 5.11 Å². The van der Waals surface area contributed by atoms with Gasteiger partial charge in [-0.2, -0.15) is 0 Å². The normalized spacial score (nSPS) is 10.4. The molecule has 21 heavy (non-hydrogen) atoms. The number of unbranched alkanes of at least 4 members (excludes halogenated alkanes) is 4. The molecule has 0 fully saturated rings. The van der Waals surface area contributed by atoms with Crippen LogP contribution in [-0.4, -0.2) is 16.6 Å². The Kier molecular flexibility index (Phi) is 6.96. The molecule has 2 aromatic rings. The number of phenolic OH excluding ortho intramolecular Hbond substituents is 1. The predicted molar refractivity (Wildman–Crippen MR) is 90.4 cm³/mol. The molecule has 0 aliphatic heterocycles. The van der Waals surface area contributed by atoms with Crippen molar-refractivity contribution in [2.45, 2.75) is 46.0 Å². The summed E-state index contributed by atoms with van der Waals surface area (Å²) in [4.78, 5) is 4.32. The van der Waals surface area contributed by atoms with E-state index in [2.05, 4.69) is 23.3 Å². The van der Waals surface area contributed by atoms with Gasteiger partial charge in [0.25, 0.3) is 0 Å². The molecule has 1 aromatic carbocycles. The molecule has 0 spiro atoms. The second-order valence-electron chi connectivity index (χ2n) is 5.38. The van der Waals surface area contributed by atoms with Gasteiger partial charge in [0.05, 0.1) is 0 Å². The van der Waals surface area contributed by atoms with E-state index in [4.69, 9.17) is 0 Å². The van der Waals surface area contributed by atoms with Gasteiger partial charge in [-0.15, -0.1) is 0 Å². The van der Waals surface area contributed by atoms with Crippen LogP contribution in [0.5, 0.6) is 5.75 Å². The lowest BCUT2D eigenvalue weighted by atomic mass is 10.1. The first-order chi connectivity index (χ1) is 9.72. The monoisotopic (exact) mass is 289 g/mol. The second kappa shape index (κ2) is 8.47. The van der Waals surface area contributed by atoms with Crippen molar-refractivity contribution in [3.63, 3.8) is 0 Å². The fourth-order valence-corrected chi connectivity index (χ4v) is 2.42. The van der Waals surface area contributed by atoms with Crippen molar-refractivity contribution in [2.24, 2.45) is 0 Å². The largest absolute Gasteiger partial charge is 0.506 e. The number of aromatic hydroxyl groups is 1. The SMILES string of the molecule is CCCCCCCNc1ccc(O)c2ncc(C)cc12.N. The standard InChI is InChI=1S/C17H24N2O.H3N/c1-3-4-5-6-7-10-18-15-8-9-16(20)17-14(15)11-13(2)12-19-17;/h8-9,11-12,18,20H,3-7,10H2,1-2H3;1H3. The molecule has 2 rings (SSSR count). The number of nitrogens with zero attached hydrogens (tertiary/aromatic N) is 1. The van der Waals surface area contributed by atoms with Gasteiger partial charge in [-0.1, -0.05) is 32.6 Å². The third kappa shape index (κ3) is 4.60. The molecule has 0 radical (unpaired) electrons. The minimum Gasteiger partial charge on any atom is -0.506 e. The van der Waals surface area contributed by atoms with Crippen molar-refractivity contribution in [2.75, 3.05) is 11.9 Å². The molecule has 1 aromatic heterocycles. The first-order valence-electron chi connectivity index (χ1n) is 7.54. The summed E-state index contributed by atoms with van der Waals surface area (Å²) >= 11 is 0. The number of phenols is 1. The molecule has 0 saturated carbocycles. The minimum absolute atomic E-state index is 0. The van der Waals surface area contributed by atoms with Crippen molar-refractivity contribution in [1.29, 1.82) is 0 Å². The van der Waals surface area contributed by atoms with Gasteiger partial charge >= 0.3 is 0 Å². The Morgan fingerprint density at radius 2 is 1.90 bits per heavy atom. The maximum Gasteiger partial charge on any atom is 0.141 e. The highest BCUT2D eigenvalue weighted by atomic mass is 16.3. The van der Waals surface area contributed by atoms with E-state index in [1.807, 2.05) is 13.0 Å². The summed E-state index contributed by atoms with van der Waals surface area (Å²) in [5.41, 5.74) is 2.84. The molecule has 0 unspecified atom stereocenters. The number of fused-ring (bicyclic) bond motifs is 1. The molecule has 4 nitrogen and oxygen atoms in total. The fourth-order valence-electron chi connectivity index (χ4n) is 2.42. The maximum absolute atomic E-state index is 9.86. The quantitative estimate of drug-likeness (QED) is 0.505. The Morgan fingerprint density at radius 1 is 1.14 bits per heavy atom. The molecule has 1 heterocycles. The van der Waals surface area contributed by atoms with E-state index in [0.29, 0.717) is 5.52 Å². The fraction of sp³-hybridized carbons (Fsp3) is 0.471. The van der Waals surface area contributed by atoms with Gasteiger partial charge in [0.15, 0.2) is 0 Å². The zero-order chi connectivity index (χ0) is 14.4. The van der Waals surface area contributed by atoms with Gasteiger partial charge in [0.2, 0.25) is 0 Å². The van der Waals surface area contributed by atoms with Crippen LogP contribution in [0.4, 0.5) is 5.69 Å². The number of anilines is 1. The molecule has 0 aliphatic rings. The first kappa shape index (κ1) is 17.2. The number of hydrogen-bond donors (Lipinski definition) is 3. The highest BCUT2D eigenvalue weighted by molar-refractivity contribution is 5.95. The summed E-state index contributed by atoms with van der Waals surface area (Å²) in [6, 6.07) is 5.72. The average Bonchev–Trinajstić information content (AvgIpc) is 2.45. The van der Waals surface area contributed by atoms with Crippen molar-refractivity contribution in [3.8, 4) is 5.75 Å². The molecule has 0 atom stereocenters. The number of aromatic nitrogens is 1. The van der Waals surface area contributed by atoms with Crippen LogP contribution in [0.25, 0.3) is 10.9 Å². The Labute approximate surface area is 127 Å². The number of pyridine rings is 1. The second-order valence-corrected chi connectivity index (χ2v) is 5.38. The number of rotatable bonds is 7. The molecular weight excluding hydrogens is 262 g/mol. The van der Waals surface area contributed by atoms with Crippen LogP contribution in [0.3, 0.4) is 0 Å². The summed E-state index contributed by atoms with van der Waals surface area (Å²) in [5.74, 6) is 0.244. The Balaban J connectivity index is 0.00000220. The highest BCUT2D eigenvalue weighted by Crippen LogP contribution is 2.29. The minimum atomic E-state index is 0. The zero-order valence-corrected chi connectivity index (χ0v) is 13.2. The number of benzene rings is 1. The highest BCUT2D eigenvalue weighted by Gasteiger charge is 2.06. The summed E-state index contributed by atoms with van der Waals surface area (Å²) in [6.45, 7) is 5.22. The van der Waals surface area contributed by atoms with E-state index in [1.54, 1.807) is 12.3 Å². The van der Waals surface area contributed by atoms with Crippen LogP contribution >= 0.6 is 0 Å². The van der Waals surface area contributed by atoms with E-state index in [1.165, 1.54) is 32.1 Å². The summed E-state index contributed by atoms with van der Waals surface area (Å²) in [7, 11) is 0. The van der Waals surface area contributed by atoms with Crippen molar-refractivity contribution >= 4 is 16.6 Å². The van der Waals surface area contributed by atoms with Crippen LogP contribution in [0.2, 0.25) is 0 Å². The van der Waals surface area contributed by atoms with Gasteiger partial charge < -0.3 is 16.6 Å². The number of nitrogens with one attached hydrogen (secondary N) is 1. The smallest absolute Gasteiger partial charge is 0.141 e. The Hall–Kier alpha value is -1.81. The molecule has 5 N–H and O–H groups in total. The van der Waals surface area contributed by atoms with Crippen molar-refractivity contribution in [3.05, 3.63) is 30.0 Å². The zero-order valence-electron chi connectivity index (χ0n) is 13.2. The third-order valence-electron chi connectivity index (χ3n) is 3.56. The first-order valence-corrected chi connectivity index (χ1v) is 7.54. The maximum atomic E-state index is 9.86. The van der Waals surface area contributed by atoms with E-state index < -0.39 is 0 Å². The summed E-state index contributed by atoms with van der Waals surface area (Å²) < 4.78 is 0. The van der Waals surface area contributed by atoms with Crippen LogP contribution in [0, 0.1) is 6.92 Å². The number of aryl methyl sites for hydroxylation is 1. The summed E-state index contributed by atoms with van der Waals surface area (Å²) in [5, 5.41) is 14.3. The van der Waals surface area contributed by atoms with E-state index in [0.717, 1.165) is 23.2 Å². The lowest BCUT2D eigenvalue weighted by Gasteiger charge is -2.11. The Bertz CT molecular complexity index is 569. The molecule has 0 amide bonds. The lowest BCUT2D eigenvalue weighted by Crippen LogP contribution is -2.02. The van der Waals surface area contributed by atoms with Crippen molar-refractivity contribution in [1.82, 2.24) is 11.1 Å². The van der Waals surface area contributed by atoms with Crippen LogP contribution in [0.1, 0.15) is 44.6 Å².